The molecule has 0 radical (unpaired) electrons. The molecule has 0 bridgehead atoms. The first-order valence-corrected chi connectivity index (χ1v) is 10.9. The van der Waals surface area contributed by atoms with Crippen LogP contribution in [0, 0.1) is 6.92 Å². The highest BCUT2D eigenvalue weighted by atomic mass is 14.9. The number of aryl methyl sites for hydroxylation is 1. The Kier molecular flexibility index (Phi) is 7.22. The second-order valence-corrected chi connectivity index (χ2v) is 7.74. The van der Waals surface area contributed by atoms with Crippen LogP contribution in [0.4, 0.5) is 0 Å². The summed E-state index contributed by atoms with van der Waals surface area (Å²) in [5.41, 5.74) is 6.36. The van der Waals surface area contributed by atoms with Crippen molar-refractivity contribution < 1.29 is 0 Å². The fourth-order valence-corrected chi connectivity index (χ4v) is 3.77. The molecule has 156 valence electrons. The Balaban J connectivity index is 1.31. The van der Waals surface area contributed by atoms with Gasteiger partial charge in [-0.05, 0) is 40.6 Å². The smallest absolute Gasteiger partial charge is 0.0346 e. The van der Waals surface area contributed by atoms with Gasteiger partial charge in [-0.25, -0.2) is 0 Å². The summed E-state index contributed by atoms with van der Waals surface area (Å²) in [6.45, 7) is 5.65. The zero-order valence-electron chi connectivity index (χ0n) is 18.0. The van der Waals surface area contributed by atoms with Crippen molar-refractivity contribution in [3.8, 4) is 0 Å². The van der Waals surface area contributed by atoms with Gasteiger partial charge < -0.3 is 10.6 Å². The summed E-state index contributed by atoms with van der Waals surface area (Å²) >= 11 is 0. The third kappa shape index (κ3) is 5.66. The van der Waals surface area contributed by atoms with E-state index in [9.17, 15) is 0 Å². The zero-order chi connectivity index (χ0) is 21.3. The van der Waals surface area contributed by atoms with E-state index < -0.39 is 0 Å². The van der Waals surface area contributed by atoms with Gasteiger partial charge in [0.1, 0.15) is 0 Å². The molecule has 3 heteroatoms. The van der Waals surface area contributed by atoms with Crippen molar-refractivity contribution in [1.29, 1.82) is 0 Å². The summed E-state index contributed by atoms with van der Waals surface area (Å²) in [6, 6.07) is 27.8. The number of nitrogens with one attached hydrogen (secondary N) is 2. The summed E-state index contributed by atoms with van der Waals surface area (Å²) in [5.74, 6) is 0. The van der Waals surface area contributed by atoms with E-state index in [1.807, 2.05) is 12.4 Å². The normalized spacial score (nSPS) is 11.7. The molecule has 0 aliphatic heterocycles. The Bertz CT molecular complexity index is 1130. The Hall–Kier alpha value is -3.27. The van der Waals surface area contributed by atoms with Crippen LogP contribution in [0.3, 0.4) is 0 Å². The highest BCUT2D eigenvalue weighted by molar-refractivity contribution is 5.84. The van der Waals surface area contributed by atoms with Crippen LogP contribution in [0.1, 0.15) is 22.3 Å². The molecule has 0 amide bonds. The third-order valence-corrected chi connectivity index (χ3v) is 5.46. The van der Waals surface area contributed by atoms with Crippen LogP contribution in [-0.2, 0) is 6.54 Å². The lowest BCUT2D eigenvalue weighted by molar-refractivity contribution is 0.637. The molecule has 1 aromatic heterocycles. The summed E-state index contributed by atoms with van der Waals surface area (Å²) in [7, 11) is 0. The Labute approximate surface area is 184 Å². The number of hydrogen-bond donors (Lipinski definition) is 2. The largest absolute Gasteiger partial charge is 0.312 e. The number of fused-ring (bicyclic) bond motifs is 1. The molecule has 0 spiro atoms. The minimum Gasteiger partial charge on any atom is -0.312 e. The number of benzene rings is 3. The van der Waals surface area contributed by atoms with Gasteiger partial charge in [-0.3, -0.25) is 4.98 Å². The molecule has 0 atom stereocenters. The summed E-state index contributed by atoms with van der Waals surface area (Å²) in [6.07, 6.45) is 6.07. The third-order valence-electron chi connectivity index (χ3n) is 5.46. The molecule has 1 heterocycles. The standard InChI is InChI=1S/C28H29N3/c1-22-10-12-24(13-11-22)27(23-6-3-2-4-7-23)14-16-29-18-19-31-21-26-9-5-8-25-20-30-17-15-28(25)26/h2-15,17,20,29,31H,16,18-19,21H2,1H3/b27-14-. The van der Waals surface area contributed by atoms with E-state index in [1.54, 1.807) is 0 Å². The minimum atomic E-state index is 0.833. The Morgan fingerprint density at radius 2 is 1.58 bits per heavy atom. The van der Waals surface area contributed by atoms with Gasteiger partial charge in [-0.15, -0.1) is 0 Å². The topological polar surface area (TPSA) is 37.0 Å². The van der Waals surface area contributed by atoms with Crippen molar-refractivity contribution >= 4 is 16.3 Å². The average Bonchev–Trinajstić information content (AvgIpc) is 2.82. The van der Waals surface area contributed by atoms with E-state index in [1.165, 1.54) is 38.6 Å². The summed E-state index contributed by atoms with van der Waals surface area (Å²) in [4.78, 5) is 4.21. The molecule has 0 aliphatic carbocycles. The minimum absolute atomic E-state index is 0.833. The molecular weight excluding hydrogens is 378 g/mol. The van der Waals surface area contributed by atoms with Crippen molar-refractivity contribution in [1.82, 2.24) is 15.6 Å². The SMILES string of the molecule is Cc1ccc(/C(=C\CNCCNCc2cccc3cnccc23)c2ccccc2)cc1. The van der Waals surface area contributed by atoms with E-state index in [0.29, 0.717) is 0 Å². The fourth-order valence-electron chi connectivity index (χ4n) is 3.77. The quantitative estimate of drug-likeness (QED) is 0.367. The van der Waals surface area contributed by atoms with Crippen molar-refractivity contribution in [2.75, 3.05) is 19.6 Å². The fraction of sp³-hybridized carbons (Fsp3) is 0.179. The van der Waals surface area contributed by atoms with Crippen LogP contribution in [0.15, 0.2) is 97.3 Å². The van der Waals surface area contributed by atoms with Crippen molar-refractivity contribution in [3.63, 3.8) is 0 Å². The van der Waals surface area contributed by atoms with Gasteiger partial charge in [0, 0.05) is 44.0 Å². The second-order valence-electron chi connectivity index (χ2n) is 7.74. The van der Waals surface area contributed by atoms with Crippen LogP contribution in [0.2, 0.25) is 0 Å². The average molecular weight is 408 g/mol. The van der Waals surface area contributed by atoms with E-state index >= 15 is 0 Å². The van der Waals surface area contributed by atoms with E-state index in [0.717, 1.165) is 26.2 Å². The first kappa shape index (κ1) is 21.0. The number of rotatable bonds is 9. The first-order chi connectivity index (χ1) is 15.3. The Morgan fingerprint density at radius 3 is 2.42 bits per heavy atom. The van der Waals surface area contributed by atoms with E-state index in [-0.39, 0.29) is 0 Å². The number of aromatic nitrogens is 1. The van der Waals surface area contributed by atoms with Crippen LogP contribution >= 0.6 is 0 Å². The van der Waals surface area contributed by atoms with Crippen LogP contribution in [0.25, 0.3) is 16.3 Å². The van der Waals surface area contributed by atoms with Crippen LogP contribution in [0.5, 0.6) is 0 Å². The van der Waals surface area contributed by atoms with Gasteiger partial charge in [0.15, 0.2) is 0 Å². The highest BCUT2D eigenvalue weighted by Gasteiger charge is 2.04. The van der Waals surface area contributed by atoms with Crippen LogP contribution < -0.4 is 10.6 Å². The van der Waals surface area contributed by atoms with Gasteiger partial charge in [-0.1, -0.05) is 84.4 Å². The van der Waals surface area contributed by atoms with Gasteiger partial charge in [0.2, 0.25) is 0 Å². The van der Waals surface area contributed by atoms with Gasteiger partial charge >= 0.3 is 0 Å². The zero-order valence-corrected chi connectivity index (χ0v) is 18.0. The maximum Gasteiger partial charge on any atom is 0.0346 e. The molecule has 4 rings (SSSR count). The lowest BCUT2D eigenvalue weighted by atomic mass is 9.97. The molecule has 31 heavy (non-hydrogen) atoms. The molecule has 0 saturated heterocycles. The molecule has 0 unspecified atom stereocenters. The molecule has 3 aromatic carbocycles. The number of pyridine rings is 1. The van der Waals surface area contributed by atoms with E-state index in [2.05, 4.69) is 107 Å². The number of hydrogen-bond acceptors (Lipinski definition) is 3. The molecule has 0 fully saturated rings. The molecule has 3 nitrogen and oxygen atoms in total. The molecule has 0 aliphatic rings. The predicted octanol–water partition coefficient (Wildman–Crippen LogP) is 5.35. The molecule has 0 saturated carbocycles. The monoisotopic (exact) mass is 407 g/mol. The Morgan fingerprint density at radius 1 is 0.806 bits per heavy atom. The lowest BCUT2D eigenvalue weighted by Gasteiger charge is -2.11. The molecule has 4 aromatic rings. The van der Waals surface area contributed by atoms with Gasteiger partial charge in [0.25, 0.3) is 0 Å². The summed E-state index contributed by atoms with van der Waals surface area (Å²) in [5, 5.41) is 9.55. The highest BCUT2D eigenvalue weighted by Crippen LogP contribution is 2.23. The second kappa shape index (κ2) is 10.7. The van der Waals surface area contributed by atoms with Crippen LogP contribution in [-0.4, -0.2) is 24.6 Å². The van der Waals surface area contributed by atoms with Crippen molar-refractivity contribution in [3.05, 3.63) is 120 Å². The first-order valence-electron chi connectivity index (χ1n) is 10.9. The predicted molar refractivity (Wildman–Crippen MR) is 131 cm³/mol. The molecular formula is C28H29N3. The summed E-state index contributed by atoms with van der Waals surface area (Å²) < 4.78 is 0. The maximum absolute atomic E-state index is 4.21. The lowest BCUT2D eigenvalue weighted by Crippen LogP contribution is -2.27. The molecule has 2 N–H and O–H groups in total. The van der Waals surface area contributed by atoms with Gasteiger partial charge in [-0.2, -0.15) is 0 Å². The number of nitrogens with zero attached hydrogens (tertiary/aromatic N) is 1. The van der Waals surface area contributed by atoms with E-state index in [4.69, 9.17) is 0 Å². The van der Waals surface area contributed by atoms with Crippen molar-refractivity contribution in [2.24, 2.45) is 0 Å². The van der Waals surface area contributed by atoms with Crippen molar-refractivity contribution in [2.45, 2.75) is 13.5 Å². The maximum atomic E-state index is 4.21. The van der Waals surface area contributed by atoms with Gasteiger partial charge in [0.05, 0.1) is 0 Å².